The van der Waals surface area contributed by atoms with Crippen molar-refractivity contribution in [2.45, 2.75) is 10.2 Å². The van der Waals surface area contributed by atoms with E-state index in [1.807, 2.05) is 5.32 Å². The van der Waals surface area contributed by atoms with Crippen LogP contribution < -0.4 is 10.6 Å². The molecule has 2 aromatic carbocycles. The Balaban J connectivity index is 1.58. The van der Waals surface area contributed by atoms with Gasteiger partial charge in [0, 0.05) is 12.3 Å². The Morgan fingerprint density at radius 1 is 1.03 bits per heavy atom. The van der Waals surface area contributed by atoms with Gasteiger partial charge in [0.05, 0.1) is 27.7 Å². The zero-order valence-corrected chi connectivity index (χ0v) is 22.6. The molecule has 39 heavy (non-hydrogen) atoms. The monoisotopic (exact) mass is 641 g/mol. The van der Waals surface area contributed by atoms with Crippen molar-refractivity contribution >= 4 is 54.9 Å². The van der Waals surface area contributed by atoms with Crippen molar-refractivity contribution < 1.29 is 31.2 Å². The molecule has 0 aliphatic carbocycles. The molecule has 0 unspecified atom stereocenters. The van der Waals surface area contributed by atoms with E-state index in [4.69, 9.17) is 11.6 Å². The Morgan fingerprint density at radius 2 is 1.74 bits per heavy atom. The number of aromatic nitrogens is 3. The number of alkyl halides is 2. The Bertz CT molecular complexity index is 1670. The lowest BCUT2D eigenvalue weighted by atomic mass is 10.1. The van der Waals surface area contributed by atoms with Gasteiger partial charge in [-0.15, -0.1) is 0 Å². The van der Waals surface area contributed by atoms with Crippen LogP contribution in [-0.2, 0) is 9.84 Å². The molecule has 2 aromatic heterocycles. The summed E-state index contributed by atoms with van der Waals surface area (Å²) in [6.07, 6.45) is 1.42. The van der Waals surface area contributed by atoms with Crippen molar-refractivity contribution in [1.29, 1.82) is 0 Å². The first-order chi connectivity index (χ1) is 18.4. The highest BCUT2D eigenvalue weighted by Crippen LogP contribution is 2.29. The fourth-order valence-electron chi connectivity index (χ4n) is 3.36. The zero-order chi connectivity index (χ0) is 28.4. The Morgan fingerprint density at radius 3 is 2.44 bits per heavy atom. The number of pyridine rings is 1. The number of amides is 2. The first-order valence-electron chi connectivity index (χ1n) is 10.8. The van der Waals surface area contributed by atoms with E-state index >= 15 is 0 Å². The summed E-state index contributed by atoms with van der Waals surface area (Å²) in [7, 11) is -5.13. The molecule has 15 heteroatoms. The molecule has 2 N–H and O–H groups in total. The molecule has 2 amide bonds. The highest BCUT2D eigenvalue weighted by atomic mass is 79.9. The van der Waals surface area contributed by atoms with E-state index in [1.54, 1.807) is 6.07 Å². The molecule has 0 radical (unpaired) electrons. The lowest BCUT2D eigenvalue weighted by Crippen LogP contribution is -2.42. The van der Waals surface area contributed by atoms with Gasteiger partial charge in [-0.1, -0.05) is 29.8 Å². The number of carbonyl (C=O) groups is 2. The number of anilines is 1. The molecule has 4 aromatic rings. The van der Waals surface area contributed by atoms with Gasteiger partial charge in [0.15, 0.2) is 5.82 Å². The molecular weight excluding hydrogens is 627 g/mol. The van der Waals surface area contributed by atoms with Crippen molar-refractivity contribution in [3.63, 3.8) is 0 Å². The van der Waals surface area contributed by atoms with Crippen molar-refractivity contribution in [3.8, 4) is 5.82 Å². The normalized spacial score (nSPS) is 11.7. The molecule has 0 saturated heterocycles. The summed E-state index contributed by atoms with van der Waals surface area (Å²) in [6.45, 7) is -1.58. The van der Waals surface area contributed by atoms with Gasteiger partial charge in [-0.25, -0.2) is 22.5 Å². The van der Waals surface area contributed by atoms with Gasteiger partial charge in [-0.3, -0.25) is 9.59 Å². The van der Waals surface area contributed by atoms with E-state index in [0.717, 1.165) is 35.0 Å². The summed E-state index contributed by atoms with van der Waals surface area (Å²) in [5.41, 5.74) is -0.889. The number of rotatable bonds is 8. The number of hydrogen-bond acceptors (Lipinski definition) is 6. The summed E-state index contributed by atoms with van der Waals surface area (Å²) in [5.74, 6) is -2.79. The van der Waals surface area contributed by atoms with Crippen LogP contribution in [0.15, 0.2) is 82.4 Å². The molecule has 9 nitrogen and oxygen atoms in total. The van der Waals surface area contributed by atoms with Gasteiger partial charge in [0.25, 0.3) is 11.8 Å². The van der Waals surface area contributed by atoms with Crippen LogP contribution in [0.4, 0.5) is 18.9 Å². The second-order valence-electron chi connectivity index (χ2n) is 7.85. The maximum Gasteiger partial charge on any atom is 0.366 e. The number of benzene rings is 2. The van der Waals surface area contributed by atoms with Crippen LogP contribution in [0, 0.1) is 5.82 Å². The number of nitrogens with one attached hydrogen (secondary N) is 2. The largest absolute Gasteiger partial charge is 0.366 e. The summed E-state index contributed by atoms with van der Waals surface area (Å²) < 4.78 is 69.4. The Labute approximate surface area is 233 Å². The Hall–Kier alpha value is -3.75. The summed E-state index contributed by atoms with van der Waals surface area (Å²) in [6, 6.07) is 13.0. The van der Waals surface area contributed by atoms with E-state index < -0.39 is 49.7 Å². The van der Waals surface area contributed by atoms with Crippen molar-refractivity contribution in [2.24, 2.45) is 0 Å². The Kier molecular flexibility index (Phi) is 8.09. The van der Waals surface area contributed by atoms with Crippen molar-refractivity contribution in [2.75, 3.05) is 11.9 Å². The van der Waals surface area contributed by atoms with E-state index in [-0.39, 0.29) is 26.8 Å². The first-order valence-corrected chi connectivity index (χ1v) is 13.5. The molecule has 0 spiro atoms. The van der Waals surface area contributed by atoms with Crippen LogP contribution in [0.2, 0.25) is 5.02 Å². The minimum absolute atomic E-state index is 0.106. The van der Waals surface area contributed by atoms with Gasteiger partial charge in [-0.2, -0.15) is 13.9 Å². The third-order valence-electron chi connectivity index (χ3n) is 5.23. The molecule has 0 aliphatic heterocycles. The number of halogens is 5. The van der Waals surface area contributed by atoms with Gasteiger partial charge < -0.3 is 10.6 Å². The molecule has 0 fully saturated rings. The van der Waals surface area contributed by atoms with Crippen LogP contribution in [0.1, 0.15) is 20.8 Å². The second-order valence-corrected chi connectivity index (χ2v) is 11.1. The third-order valence-corrected chi connectivity index (χ3v) is 7.73. The lowest BCUT2D eigenvalue weighted by Gasteiger charge is -2.18. The maximum atomic E-state index is 14.6. The predicted octanol–water partition coefficient (Wildman–Crippen LogP) is 4.87. The zero-order valence-electron chi connectivity index (χ0n) is 19.4. The standard InChI is InChI=1S/C24H16BrClF3N5O4S/c25-20-12-19(34(33-20)21-17(26)7-4-10-30-21)23(36)32-18-11-14(27)8-9-16(18)22(35)31-13-24(28,29)39(37,38)15-5-2-1-3-6-15/h1-12H,13H2,(H,31,35)(H,32,36). The SMILES string of the molecule is O=C(NCC(F)(F)S(=O)(=O)c1ccccc1)c1ccc(F)cc1NC(=O)c1cc(Br)nn1-c1ncccc1Cl. The molecule has 0 atom stereocenters. The average molecular weight is 643 g/mol. The van der Waals surface area contributed by atoms with Gasteiger partial charge in [-0.05, 0) is 58.4 Å². The van der Waals surface area contributed by atoms with Crippen LogP contribution in [0.5, 0.6) is 0 Å². The molecule has 0 aliphatic rings. The van der Waals surface area contributed by atoms with Crippen LogP contribution in [-0.4, -0.2) is 46.8 Å². The van der Waals surface area contributed by atoms with E-state index in [0.29, 0.717) is 0 Å². The van der Waals surface area contributed by atoms with Crippen molar-refractivity contribution in [1.82, 2.24) is 20.1 Å². The van der Waals surface area contributed by atoms with Gasteiger partial charge in [0.1, 0.15) is 16.1 Å². The molecule has 2 heterocycles. The number of carbonyl (C=O) groups excluding carboxylic acids is 2. The summed E-state index contributed by atoms with van der Waals surface area (Å²) in [4.78, 5) is 29.3. The first kappa shape index (κ1) is 28.3. The maximum absolute atomic E-state index is 14.6. The molecule has 0 bridgehead atoms. The van der Waals surface area contributed by atoms with Gasteiger partial charge in [0.2, 0.25) is 9.84 Å². The lowest BCUT2D eigenvalue weighted by molar-refractivity contribution is 0.0757. The highest BCUT2D eigenvalue weighted by Gasteiger charge is 2.46. The average Bonchev–Trinajstić information content (AvgIpc) is 3.29. The quantitative estimate of drug-likeness (QED) is 0.283. The highest BCUT2D eigenvalue weighted by molar-refractivity contribution is 9.10. The summed E-state index contributed by atoms with van der Waals surface area (Å²) >= 11 is 9.31. The molecule has 4 rings (SSSR count). The minimum atomic E-state index is -5.13. The molecule has 0 saturated carbocycles. The topological polar surface area (TPSA) is 123 Å². The predicted molar refractivity (Wildman–Crippen MR) is 139 cm³/mol. The fraction of sp³-hybridized carbons (Fsp3) is 0.0833. The minimum Gasteiger partial charge on any atom is -0.345 e. The van der Waals surface area contributed by atoms with Crippen LogP contribution in [0.3, 0.4) is 0 Å². The van der Waals surface area contributed by atoms with Gasteiger partial charge >= 0.3 is 5.25 Å². The van der Waals surface area contributed by atoms with Crippen molar-refractivity contribution in [3.05, 3.63) is 99.6 Å². The second kappa shape index (κ2) is 11.2. The van der Waals surface area contributed by atoms with E-state index in [2.05, 4.69) is 31.3 Å². The third kappa shape index (κ3) is 5.97. The van der Waals surface area contributed by atoms with E-state index in [1.165, 1.54) is 36.5 Å². The number of hydrogen-bond donors (Lipinski definition) is 2. The molecule has 202 valence electrons. The van der Waals surface area contributed by atoms with Crippen LogP contribution >= 0.6 is 27.5 Å². The summed E-state index contributed by atoms with van der Waals surface area (Å²) in [5, 5.41) is 4.10. The van der Waals surface area contributed by atoms with E-state index in [9.17, 15) is 31.2 Å². The smallest absolute Gasteiger partial charge is 0.345 e. The fourth-order valence-corrected chi connectivity index (χ4v) is 5.06. The molecular formula is C24H16BrClF3N5O4S. The number of sulfone groups is 1. The number of nitrogens with zero attached hydrogens (tertiary/aromatic N) is 3. The van der Waals surface area contributed by atoms with Crippen LogP contribution in [0.25, 0.3) is 5.82 Å².